The van der Waals surface area contributed by atoms with Crippen LogP contribution in [0.4, 0.5) is 24.7 Å². The summed E-state index contributed by atoms with van der Waals surface area (Å²) in [6.45, 7) is 0. The van der Waals surface area contributed by atoms with Gasteiger partial charge in [-0.25, -0.2) is 24.0 Å². The van der Waals surface area contributed by atoms with Gasteiger partial charge in [0.2, 0.25) is 0 Å². The highest BCUT2D eigenvalue weighted by atomic mass is 79.9. The average Bonchev–Trinajstić information content (AvgIpc) is 2.42. The highest BCUT2D eigenvalue weighted by Crippen LogP contribution is 2.25. The van der Waals surface area contributed by atoms with Crippen LogP contribution in [-0.2, 0) is 0 Å². The highest BCUT2D eigenvalue weighted by molar-refractivity contribution is 9.10. The van der Waals surface area contributed by atoms with Crippen molar-refractivity contribution in [3.63, 3.8) is 0 Å². The van der Waals surface area contributed by atoms with Gasteiger partial charge in [-0.05, 0) is 18.2 Å². The fourth-order valence-corrected chi connectivity index (χ4v) is 1.96. The number of pyridine rings is 1. The number of halogens is 4. The third-order valence-electron chi connectivity index (χ3n) is 2.52. The zero-order valence-electron chi connectivity index (χ0n) is 10.3. The molecule has 2 aromatic rings. The van der Waals surface area contributed by atoms with Crippen LogP contribution >= 0.6 is 15.9 Å². The molecule has 4 N–H and O–H groups in total. The van der Waals surface area contributed by atoms with Gasteiger partial charge in [-0.1, -0.05) is 15.9 Å². The van der Waals surface area contributed by atoms with Crippen molar-refractivity contribution in [2.45, 2.75) is 0 Å². The normalized spacial score (nSPS) is 10.3. The summed E-state index contributed by atoms with van der Waals surface area (Å²) in [4.78, 5) is 15.4. The van der Waals surface area contributed by atoms with Crippen molar-refractivity contribution in [1.82, 2.24) is 4.98 Å². The summed E-state index contributed by atoms with van der Waals surface area (Å²) >= 11 is 2.91. The molecule has 1 aromatic carbocycles. The van der Waals surface area contributed by atoms with Crippen LogP contribution in [0.2, 0.25) is 0 Å². The summed E-state index contributed by atoms with van der Waals surface area (Å²) < 4.78 is 41.2. The van der Waals surface area contributed by atoms with Gasteiger partial charge < -0.3 is 10.7 Å². The number of aromatic nitrogens is 1. The quantitative estimate of drug-likeness (QED) is 0.580. The number of nitrogens with two attached hydrogens (primary N) is 1. The van der Waals surface area contributed by atoms with Crippen molar-refractivity contribution in [2.75, 3.05) is 10.7 Å². The van der Waals surface area contributed by atoms with Crippen LogP contribution in [0.15, 0.2) is 28.9 Å². The Morgan fingerprint density at radius 1 is 1.24 bits per heavy atom. The van der Waals surface area contributed by atoms with Gasteiger partial charge in [-0.15, -0.1) is 0 Å². The number of hydrogen-bond acceptors (Lipinski definition) is 4. The van der Waals surface area contributed by atoms with E-state index < -0.39 is 34.6 Å². The number of nitrogens with zero attached hydrogens (tertiary/aromatic N) is 1. The Balaban J connectivity index is 2.35. The maximum Gasteiger partial charge on any atom is 0.258 e. The van der Waals surface area contributed by atoms with Crippen molar-refractivity contribution in [2.24, 2.45) is 5.84 Å². The lowest BCUT2D eigenvalue weighted by Crippen LogP contribution is -2.18. The highest BCUT2D eigenvalue weighted by Gasteiger charge is 2.19. The Kier molecular flexibility index (Phi) is 4.43. The van der Waals surface area contributed by atoms with Crippen LogP contribution in [0.3, 0.4) is 0 Å². The number of hydrazine groups is 1. The predicted molar refractivity (Wildman–Crippen MR) is 74.0 cm³/mol. The average molecular weight is 361 g/mol. The van der Waals surface area contributed by atoms with Gasteiger partial charge in [-0.3, -0.25) is 4.79 Å². The molecule has 21 heavy (non-hydrogen) atoms. The van der Waals surface area contributed by atoms with Crippen LogP contribution in [0.25, 0.3) is 0 Å². The zero-order valence-corrected chi connectivity index (χ0v) is 11.8. The number of nitrogens with one attached hydrogen (secondary N) is 2. The number of amides is 1. The van der Waals surface area contributed by atoms with E-state index in [0.717, 1.165) is 24.4 Å². The molecule has 0 spiro atoms. The molecule has 2 rings (SSSR count). The maximum atomic E-state index is 13.8. The molecule has 0 aliphatic heterocycles. The largest absolute Gasteiger partial charge is 0.317 e. The van der Waals surface area contributed by atoms with Gasteiger partial charge >= 0.3 is 0 Å². The van der Waals surface area contributed by atoms with E-state index in [2.05, 4.69) is 20.9 Å². The number of carbonyl (C=O) groups is 1. The van der Waals surface area contributed by atoms with Gasteiger partial charge in [0.1, 0.15) is 5.69 Å². The Morgan fingerprint density at radius 3 is 2.43 bits per heavy atom. The topological polar surface area (TPSA) is 80.0 Å². The van der Waals surface area contributed by atoms with E-state index in [9.17, 15) is 18.0 Å². The molecular formula is C12H8BrF3N4O. The number of anilines is 2. The first-order valence-corrected chi connectivity index (χ1v) is 6.30. The Labute approximate surface area is 125 Å². The van der Waals surface area contributed by atoms with Crippen molar-refractivity contribution in [1.29, 1.82) is 0 Å². The molecule has 110 valence electrons. The SMILES string of the molecule is NNc1nccc(C(=O)Nc2c(F)cc(Br)cc2F)c1F. The molecular weight excluding hydrogens is 353 g/mol. The molecule has 0 saturated heterocycles. The van der Waals surface area contributed by atoms with Crippen molar-refractivity contribution < 1.29 is 18.0 Å². The first-order chi connectivity index (χ1) is 9.93. The molecule has 0 saturated carbocycles. The van der Waals surface area contributed by atoms with E-state index in [1.807, 2.05) is 10.7 Å². The third-order valence-corrected chi connectivity index (χ3v) is 2.97. The fraction of sp³-hybridized carbons (Fsp3) is 0. The van der Waals surface area contributed by atoms with E-state index in [1.54, 1.807) is 0 Å². The first kappa shape index (κ1) is 15.3. The molecule has 0 unspecified atom stereocenters. The summed E-state index contributed by atoms with van der Waals surface area (Å²) in [6, 6.07) is 2.99. The van der Waals surface area contributed by atoms with Gasteiger partial charge in [0, 0.05) is 10.7 Å². The molecule has 9 heteroatoms. The number of nitrogen functional groups attached to an aromatic ring is 1. The molecule has 1 aromatic heterocycles. The van der Waals surface area contributed by atoms with Crippen molar-refractivity contribution in [3.05, 3.63) is 51.9 Å². The molecule has 0 radical (unpaired) electrons. The maximum absolute atomic E-state index is 13.8. The molecule has 0 bridgehead atoms. The van der Waals surface area contributed by atoms with Gasteiger partial charge in [-0.2, -0.15) is 0 Å². The number of rotatable bonds is 3. The predicted octanol–water partition coefficient (Wildman–Crippen LogP) is 2.80. The summed E-state index contributed by atoms with van der Waals surface area (Å²) in [5.41, 5.74) is 0.826. The summed E-state index contributed by atoms with van der Waals surface area (Å²) in [6.07, 6.45) is 1.13. The standard InChI is InChI=1S/C12H8BrF3N4O/c13-5-3-7(14)10(8(15)4-5)19-12(21)6-1-2-18-11(20-17)9(6)16/h1-4H,17H2,(H,18,20)(H,19,21). The van der Waals surface area contributed by atoms with Gasteiger partial charge in [0.05, 0.1) is 5.56 Å². The van der Waals surface area contributed by atoms with Crippen LogP contribution in [0, 0.1) is 17.5 Å². The van der Waals surface area contributed by atoms with E-state index >= 15 is 0 Å². The van der Waals surface area contributed by atoms with Crippen LogP contribution in [-0.4, -0.2) is 10.9 Å². The van der Waals surface area contributed by atoms with Gasteiger partial charge in [0.25, 0.3) is 5.91 Å². The van der Waals surface area contributed by atoms with Crippen LogP contribution in [0.1, 0.15) is 10.4 Å². The Hall–Kier alpha value is -2.13. The third kappa shape index (κ3) is 3.14. The second-order valence-corrected chi connectivity index (χ2v) is 4.78. The van der Waals surface area contributed by atoms with Crippen molar-refractivity contribution >= 4 is 33.3 Å². The molecule has 1 amide bonds. The van der Waals surface area contributed by atoms with E-state index in [1.165, 1.54) is 0 Å². The molecule has 0 fully saturated rings. The smallest absolute Gasteiger partial charge is 0.258 e. The zero-order chi connectivity index (χ0) is 15.6. The lowest BCUT2D eigenvalue weighted by atomic mass is 10.2. The van der Waals surface area contributed by atoms with E-state index in [0.29, 0.717) is 0 Å². The molecule has 0 aliphatic carbocycles. The van der Waals surface area contributed by atoms with Crippen molar-refractivity contribution in [3.8, 4) is 0 Å². The molecule has 1 heterocycles. The molecule has 0 aliphatic rings. The minimum atomic E-state index is -1.04. The number of carbonyl (C=O) groups excluding carboxylic acids is 1. The second kappa shape index (κ2) is 6.10. The molecule has 0 atom stereocenters. The monoisotopic (exact) mass is 360 g/mol. The fourth-order valence-electron chi connectivity index (χ4n) is 1.56. The minimum Gasteiger partial charge on any atom is -0.317 e. The lowest BCUT2D eigenvalue weighted by Gasteiger charge is -2.10. The number of hydrogen-bond donors (Lipinski definition) is 3. The molecule has 5 nitrogen and oxygen atoms in total. The van der Waals surface area contributed by atoms with Gasteiger partial charge in [0.15, 0.2) is 23.3 Å². The Bertz CT molecular complexity index is 688. The second-order valence-electron chi connectivity index (χ2n) is 3.86. The minimum absolute atomic E-state index is 0.167. The van der Waals surface area contributed by atoms with E-state index in [4.69, 9.17) is 5.84 Å². The van der Waals surface area contributed by atoms with Crippen LogP contribution < -0.4 is 16.6 Å². The lowest BCUT2D eigenvalue weighted by molar-refractivity contribution is 0.102. The number of benzene rings is 1. The van der Waals surface area contributed by atoms with Crippen LogP contribution in [0.5, 0.6) is 0 Å². The van der Waals surface area contributed by atoms with E-state index in [-0.39, 0.29) is 10.3 Å². The summed E-state index contributed by atoms with van der Waals surface area (Å²) in [5.74, 6) is 0.602. The summed E-state index contributed by atoms with van der Waals surface area (Å²) in [5, 5.41) is 1.97. The summed E-state index contributed by atoms with van der Waals surface area (Å²) in [7, 11) is 0. The first-order valence-electron chi connectivity index (χ1n) is 5.51. The Morgan fingerprint density at radius 2 is 1.86 bits per heavy atom.